The predicted molar refractivity (Wildman–Crippen MR) is 229 cm³/mol. The number of nitrogens with zero attached hydrogens (tertiary/aromatic N) is 1. The molecule has 0 aromatic rings. The van der Waals surface area contributed by atoms with E-state index >= 15 is 0 Å². The summed E-state index contributed by atoms with van der Waals surface area (Å²) in [5.41, 5.74) is 7.86. The van der Waals surface area contributed by atoms with Gasteiger partial charge >= 0.3 is 6.09 Å². The molecule has 3 rings (SSSR count). The van der Waals surface area contributed by atoms with Gasteiger partial charge in [0.1, 0.15) is 6.04 Å². The first-order chi connectivity index (χ1) is 29.0. The van der Waals surface area contributed by atoms with Crippen LogP contribution in [0.15, 0.2) is 64.6 Å². The highest BCUT2D eigenvalue weighted by Gasteiger charge is 2.25. The van der Waals surface area contributed by atoms with Crippen molar-refractivity contribution in [2.45, 2.75) is 110 Å². The first-order valence-corrected chi connectivity index (χ1v) is 21.7. The van der Waals surface area contributed by atoms with Gasteiger partial charge in [-0.25, -0.2) is 4.79 Å². The van der Waals surface area contributed by atoms with Crippen molar-refractivity contribution in [3.8, 4) is 0 Å². The smallest absolute Gasteiger partial charge is 0.407 e. The second-order valence-corrected chi connectivity index (χ2v) is 15.5. The normalized spacial score (nSPS) is 15.0. The Morgan fingerprint density at radius 1 is 0.717 bits per heavy atom. The van der Waals surface area contributed by atoms with Gasteiger partial charge in [-0.15, -0.1) is 5.73 Å². The summed E-state index contributed by atoms with van der Waals surface area (Å²) in [6.07, 6.45) is 21.3. The number of alkyl carbamates (subject to hydrolysis) is 1. The lowest BCUT2D eigenvalue weighted by molar-refractivity contribution is -0.129. The average molecular weight is 837 g/mol. The summed E-state index contributed by atoms with van der Waals surface area (Å²) >= 11 is 0. The third kappa shape index (κ3) is 20.8. The van der Waals surface area contributed by atoms with Crippen LogP contribution in [0.4, 0.5) is 4.79 Å². The van der Waals surface area contributed by atoms with Crippen molar-refractivity contribution >= 4 is 35.6 Å². The minimum absolute atomic E-state index is 0.00261. The fraction of sp³-hybridized carbons (Fsp3) is 0.622. The molecule has 332 valence electrons. The van der Waals surface area contributed by atoms with Gasteiger partial charge in [-0.2, -0.15) is 0 Å². The number of rotatable bonds is 27. The molecule has 1 unspecified atom stereocenters. The molecule has 1 atom stereocenters. The molecule has 3 aliphatic rings. The van der Waals surface area contributed by atoms with E-state index in [1.807, 2.05) is 37.0 Å². The Labute approximate surface area is 355 Å². The van der Waals surface area contributed by atoms with Crippen LogP contribution in [0.1, 0.15) is 104 Å². The molecule has 0 fully saturated rings. The molecule has 1 heterocycles. The molecule has 15 heteroatoms. The Balaban J connectivity index is 1.10. The Morgan fingerprint density at radius 3 is 2.20 bits per heavy atom. The van der Waals surface area contributed by atoms with Gasteiger partial charge in [0.05, 0.1) is 26.3 Å². The molecule has 6 amide bonds. The maximum atomic E-state index is 13.4. The van der Waals surface area contributed by atoms with E-state index in [9.17, 15) is 28.8 Å². The fourth-order valence-electron chi connectivity index (χ4n) is 6.53. The van der Waals surface area contributed by atoms with Crippen molar-refractivity contribution in [3.63, 3.8) is 0 Å². The molecule has 0 aromatic carbocycles. The molecule has 0 saturated carbocycles. The molecule has 0 aromatic heterocycles. The van der Waals surface area contributed by atoms with Crippen LogP contribution >= 0.6 is 0 Å². The molecule has 0 spiro atoms. The molecule has 0 bridgehead atoms. The van der Waals surface area contributed by atoms with Crippen LogP contribution < -0.4 is 26.6 Å². The highest BCUT2D eigenvalue weighted by atomic mass is 16.5. The Hall–Kier alpha value is -4.98. The predicted octanol–water partition coefficient (Wildman–Crippen LogP) is 4.57. The van der Waals surface area contributed by atoms with Crippen LogP contribution in [0.2, 0.25) is 0 Å². The van der Waals surface area contributed by atoms with Crippen LogP contribution in [-0.4, -0.2) is 112 Å². The lowest BCUT2D eigenvalue weighted by Crippen LogP contribution is -2.49. The Morgan fingerprint density at radius 2 is 1.43 bits per heavy atom. The van der Waals surface area contributed by atoms with E-state index in [0.717, 1.165) is 69.1 Å². The SMILES string of the molecule is CC(C)COC(=O)NCCNC(=O)C(C)NC(=O)CNC(=O)CCCCCOCCCCCOCCC(=O)NCCC(=O)N1CC2=C(C=CC=C=C2)CCC2=C1C=CCC2. The topological polar surface area (TPSA) is 193 Å². The molecule has 1 aliphatic heterocycles. The summed E-state index contributed by atoms with van der Waals surface area (Å²) < 4.78 is 16.3. The number of unbranched alkanes of at least 4 members (excludes halogenated alkanes) is 4. The lowest BCUT2D eigenvalue weighted by atomic mass is 9.90. The maximum absolute atomic E-state index is 13.4. The maximum Gasteiger partial charge on any atom is 0.407 e. The minimum atomic E-state index is -0.804. The number of ether oxygens (including phenoxy) is 3. The average Bonchev–Trinajstić information content (AvgIpc) is 3.45. The largest absolute Gasteiger partial charge is 0.449 e. The van der Waals surface area contributed by atoms with E-state index in [1.54, 1.807) is 0 Å². The van der Waals surface area contributed by atoms with Crippen LogP contribution in [0, 0.1) is 5.92 Å². The van der Waals surface area contributed by atoms with Crippen molar-refractivity contribution < 1.29 is 43.0 Å². The van der Waals surface area contributed by atoms with Gasteiger partial charge in [0.25, 0.3) is 0 Å². The van der Waals surface area contributed by atoms with Gasteiger partial charge in [-0.3, -0.25) is 24.0 Å². The van der Waals surface area contributed by atoms with Crippen molar-refractivity contribution in [2.75, 3.05) is 65.8 Å². The monoisotopic (exact) mass is 837 g/mol. The summed E-state index contributed by atoms with van der Waals surface area (Å²) in [5, 5.41) is 13.1. The number of hydrogen-bond donors (Lipinski definition) is 5. The van der Waals surface area contributed by atoms with Crippen molar-refractivity contribution in [1.29, 1.82) is 0 Å². The molecule has 0 radical (unpaired) electrons. The number of carbonyl (C=O) groups is 6. The second-order valence-electron chi connectivity index (χ2n) is 15.5. The van der Waals surface area contributed by atoms with Gasteiger partial charge < -0.3 is 45.7 Å². The van der Waals surface area contributed by atoms with E-state index in [4.69, 9.17) is 14.2 Å². The van der Waals surface area contributed by atoms with Crippen LogP contribution in [0.25, 0.3) is 0 Å². The number of hydrogen-bond acceptors (Lipinski definition) is 9. The summed E-state index contributed by atoms with van der Waals surface area (Å²) in [6.45, 7) is 8.77. The molecule has 0 saturated heterocycles. The van der Waals surface area contributed by atoms with E-state index in [1.165, 1.54) is 18.1 Å². The summed E-state index contributed by atoms with van der Waals surface area (Å²) in [4.78, 5) is 75.7. The van der Waals surface area contributed by atoms with E-state index in [0.29, 0.717) is 52.4 Å². The third-order valence-electron chi connectivity index (χ3n) is 9.89. The summed E-state index contributed by atoms with van der Waals surface area (Å²) in [6, 6.07) is -0.804. The zero-order valence-electron chi connectivity index (χ0n) is 36.0. The van der Waals surface area contributed by atoms with E-state index in [2.05, 4.69) is 50.5 Å². The molecule has 60 heavy (non-hydrogen) atoms. The third-order valence-corrected chi connectivity index (χ3v) is 9.89. The first-order valence-electron chi connectivity index (χ1n) is 21.7. The fourth-order valence-corrected chi connectivity index (χ4v) is 6.53. The standard InChI is InChI=1S/C45H68N6O9/c1-34(2)33-60-45(57)48-26-25-47-44(56)35(3)50-42(54)31-49-40(52)19-9-5-12-27-58-28-13-6-14-29-59-30-23-41(53)46-24-22-43(55)51-32-38-17-8-4-7-15-36(38)20-21-37-16-10-11-18-39(37)51/h4,7,11,15,17-18,34-35H,5-6,9-10,12-14,16,19-33H2,1-3H3,(H,46,53)(H,47,56)(H,48,57)(H,49,52)(H,50,54). The quantitative estimate of drug-likeness (QED) is 0.0583. The lowest BCUT2D eigenvalue weighted by Gasteiger charge is -2.31. The second kappa shape index (κ2) is 29.3. The summed E-state index contributed by atoms with van der Waals surface area (Å²) in [5.74, 6) is -1.03. The van der Waals surface area contributed by atoms with Crippen LogP contribution in [0.5, 0.6) is 0 Å². The number of amides is 6. The molecule has 15 nitrogen and oxygen atoms in total. The summed E-state index contributed by atoms with van der Waals surface area (Å²) in [7, 11) is 0. The van der Waals surface area contributed by atoms with E-state index < -0.39 is 23.9 Å². The van der Waals surface area contributed by atoms with Gasteiger partial charge in [0.2, 0.25) is 29.5 Å². The highest BCUT2D eigenvalue weighted by Crippen LogP contribution is 2.32. The number of nitrogens with one attached hydrogen (secondary N) is 5. The zero-order valence-corrected chi connectivity index (χ0v) is 36.0. The van der Waals surface area contributed by atoms with Crippen molar-refractivity contribution in [2.24, 2.45) is 5.92 Å². The minimum Gasteiger partial charge on any atom is -0.449 e. The van der Waals surface area contributed by atoms with Gasteiger partial charge in [-0.1, -0.05) is 38.5 Å². The molecule has 2 aliphatic carbocycles. The van der Waals surface area contributed by atoms with Crippen LogP contribution in [-0.2, 0) is 38.2 Å². The highest BCUT2D eigenvalue weighted by molar-refractivity contribution is 5.90. The van der Waals surface area contributed by atoms with Crippen LogP contribution in [0.3, 0.4) is 0 Å². The van der Waals surface area contributed by atoms with Gasteiger partial charge in [0, 0.05) is 64.4 Å². The van der Waals surface area contributed by atoms with Crippen molar-refractivity contribution in [1.82, 2.24) is 31.5 Å². The first kappa shape index (κ1) is 49.4. The zero-order chi connectivity index (χ0) is 43.4. The molecular formula is C45H68N6O9. The van der Waals surface area contributed by atoms with Gasteiger partial charge in [-0.05, 0) is 106 Å². The molecule has 5 N–H and O–H groups in total. The number of allylic oxidation sites excluding steroid dienone is 6. The number of carbonyl (C=O) groups excluding carboxylic acids is 6. The Kier molecular flexibility index (Phi) is 24.1. The van der Waals surface area contributed by atoms with E-state index in [-0.39, 0.29) is 62.7 Å². The molecular weight excluding hydrogens is 769 g/mol. The Bertz CT molecular complexity index is 1630. The van der Waals surface area contributed by atoms with Gasteiger partial charge in [0.15, 0.2) is 0 Å². The van der Waals surface area contributed by atoms with Crippen molar-refractivity contribution in [3.05, 3.63) is 64.6 Å².